The highest BCUT2D eigenvalue weighted by molar-refractivity contribution is 5.87. The molecule has 2 aromatic heterocycles. The maximum Gasteiger partial charge on any atom is 0.335 e. The van der Waals surface area contributed by atoms with E-state index in [1.54, 1.807) is 6.07 Å². The Bertz CT molecular complexity index is 920. The van der Waals surface area contributed by atoms with Crippen LogP contribution in [0.25, 0.3) is 5.82 Å². The van der Waals surface area contributed by atoms with Gasteiger partial charge in [-0.1, -0.05) is 30.3 Å². The van der Waals surface area contributed by atoms with Crippen LogP contribution in [0.4, 0.5) is 0 Å². The van der Waals surface area contributed by atoms with Crippen LogP contribution in [0.5, 0.6) is 5.75 Å². The standard InChI is InChI=1S/C18H14N2O4/c21-17-11-15(24-12-13-4-2-1-3-5-13)7-9-20(17)16-10-14(18(22)23)6-8-19-16/h1-11H,12H2,(H,22,23). The van der Waals surface area contributed by atoms with Crippen LogP contribution in [0.3, 0.4) is 0 Å². The smallest absolute Gasteiger partial charge is 0.335 e. The van der Waals surface area contributed by atoms with Crippen molar-refractivity contribution in [2.45, 2.75) is 6.61 Å². The van der Waals surface area contributed by atoms with Crippen molar-refractivity contribution in [1.82, 2.24) is 9.55 Å². The maximum atomic E-state index is 12.2. The molecule has 0 radical (unpaired) electrons. The summed E-state index contributed by atoms with van der Waals surface area (Å²) in [5.74, 6) is -0.390. The van der Waals surface area contributed by atoms with Crippen molar-refractivity contribution in [3.05, 3.63) is 88.5 Å². The van der Waals surface area contributed by atoms with Crippen molar-refractivity contribution in [2.75, 3.05) is 0 Å². The number of hydrogen-bond acceptors (Lipinski definition) is 4. The van der Waals surface area contributed by atoms with E-state index in [1.807, 2.05) is 30.3 Å². The van der Waals surface area contributed by atoms with Crippen LogP contribution >= 0.6 is 0 Å². The second-order valence-corrected chi connectivity index (χ2v) is 5.05. The van der Waals surface area contributed by atoms with E-state index in [0.29, 0.717) is 12.4 Å². The zero-order valence-electron chi connectivity index (χ0n) is 12.6. The third-order valence-electron chi connectivity index (χ3n) is 3.38. The number of nitrogens with zero attached hydrogens (tertiary/aromatic N) is 2. The molecule has 0 aliphatic heterocycles. The van der Waals surface area contributed by atoms with E-state index < -0.39 is 5.97 Å². The average molecular weight is 322 g/mol. The van der Waals surface area contributed by atoms with Crippen molar-refractivity contribution in [3.63, 3.8) is 0 Å². The fourth-order valence-corrected chi connectivity index (χ4v) is 2.16. The van der Waals surface area contributed by atoms with Crippen LogP contribution in [-0.2, 0) is 6.61 Å². The van der Waals surface area contributed by atoms with Gasteiger partial charge < -0.3 is 9.84 Å². The van der Waals surface area contributed by atoms with Gasteiger partial charge in [0.2, 0.25) is 0 Å². The molecule has 6 heteroatoms. The van der Waals surface area contributed by atoms with Crippen LogP contribution in [0.1, 0.15) is 15.9 Å². The number of carboxylic acid groups (broad SMARTS) is 1. The first kappa shape index (κ1) is 15.5. The molecule has 0 fully saturated rings. The van der Waals surface area contributed by atoms with Crippen LogP contribution < -0.4 is 10.3 Å². The van der Waals surface area contributed by atoms with Crippen molar-refractivity contribution in [1.29, 1.82) is 0 Å². The van der Waals surface area contributed by atoms with Crippen LogP contribution in [0.2, 0.25) is 0 Å². The number of benzene rings is 1. The highest BCUT2D eigenvalue weighted by Gasteiger charge is 2.08. The van der Waals surface area contributed by atoms with Gasteiger partial charge in [0.05, 0.1) is 5.56 Å². The van der Waals surface area contributed by atoms with Gasteiger partial charge in [-0.2, -0.15) is 0 Å². The van der Waals surface area contributed by atoms with Gasteiger partial charge >= 0.3 is 5.97 Å². The normalized spacial score (nSPS) is 10.3. The van der Waals surface area contributed by atoms with Gasteiger partial charge in [0.25, 0.3) is 5.56 Å². The Balaban J connectivity index is 1.81. The molecule has 0 aliphatic rings. The minimum absolute atomic E-state index is 0.0660. The van der Waals surface area contributed by atoms with Crippen molar-refractivity contribution in [3.8, 4) is 11.6 Å². The van der Waals surface area contributed by atoms with E-state index in [0.717, 1.165) is 5.56 Å². The summed E-state index contributed by atoms with van der Waals surface area (Å²) in [6.07, 6.45) is 2.86. The molecule has 0 bridgehead atoms. The second-order valence-electron chi connectivity index (χ2n) is 5.05. The van der Waals surface area contributed by atoms with Crippen LogP contribution in [0.15, 0.2) is 71.8 Å². The van der Waals surface area contributed by atoms with Gasteiger partial charge in [-0.25, -0.2) is 9.78 Å². The van der Waals surface area contributed by atoms with Crippen molar-refractivity contribution in [2.24, 2.45) is 0 Å². The first-order valence-electron chi connectivity index (χ1n) is 7.22. The summed E-state index contributed by atoms with van der Waals surface area (Å²) in [5, 5.41) is 9.01. The number of carbonyl (C=O) groups is 1. The number of aromatic carboxylic acids is 1. The minimum Gasteiger partial charge on any atom is -0.489 e. The van der Waals surface area contributed by atoms with E-state index in [9.17, 15) is 9.59 Å². The molecular formula is C18H14N2O4. The first-order valence-corrected chi connectivity index (χ1v) is 7.22. The molecule has 0 aliphatic carbocycles. The van der Waals surface area contributed by atoms with Gasteiger partial charge in [-0.05, 0) is 23.8 Å². The Hall–Kier alpha value is -3.41. The van der Waals surface area contributed by atoms with Crippen LogP contribution in [0, 0.1) is 0 Å². The molecule has 3 aromatic rings. The number of hydrogen-bond donors (Lipinski definition) is 1. The van der Waals surface area contributed by atoms with Gasteiger partial charge in [0, 0.05) is 18.5 Å². The second kappa shape index (κ2) is 6.78. The predicted molar refractivity (Wildman–Crippen MR) is 87.6 cm³/mol. The molecule has 120 valence electrons. The lowest BCUT2D eigenvalue weighted by Crippen LogP contribution is -2.18. The highest BCUT2D eigenvalue weighted by Crippen LogP contribution is 2.12. The lowest BCUT2D eigenvalue weighted by atomic mass is 10.2. The zero-order valence-corrected chi connectivity index (χ0v) is 12.6. The number of ether oxygens (including phenoxy) is 1. The third-order valence-corrected chi connectivity index (χ3v) is 3.38. The Labute approximate surface area is 137 Å². The Morgan fingerprint density at radius 3 is 2.62 bits per heavy atom. The summed E-state index contributed by atoms with van der Waals surface area (Å²) < 4.78 is 6.86. The lowest BCUT2D eigenvalue weighted by Gasteiger charge is -2.09. The van der Waals surface area contributed by atoms with Crippen LogP contribution in [-0.4, -0.2) is 20.6 Å². The molecular weight excluding hydrogens is 308 g/mol. The van der Waals surface area contributed by atoms with Gasteiger partial charge in [-0.3, -0.25) is 9.36 Å². The molecule has 0 amide bonds. The molecule has 1 aromatic carbocycles. The average Bonchev–Trinajstić information content (AvgIpc) is 2.61. The first-order chi connectivity index (χ1) is 11.6. The summed E-state index contributed by atoms with van der Waals surface area (Å²) in [5.41, 5.74) is 0.712. The van der Waals surface area contributed by atoms with Gasteiger partial charge in [0.15, 0.2) is 0 Å². The molecule has 2 heterocycles. The largest absolute Gasteiger partial charge is 0.489 e. The molecule has 0 spiro atoms. The lowest BCUT2D eigenvalue weighted by molar-refractivity contribution is 0.0696. The van der Waals surface area contributed by atoms with Gasteiger partial charge in [0.1, 0.15) is 18.2 Å². The summed E-state index contributed by atoms with van der Waals surface area (Å²) in [6.45, 7) is 0.358. The fraction of sp³-hybridized carbons (Fsp3) is 0.0556. The molecule has 3 rings (SSSR count). The molecule has 0 unspecified atom stereocenters. The van der Waals surface area contributed by atoms with Gasteiger partial charge in [-0.15, -0.1) is 0 Å². The van der Waals surface area contributed by atoms with E-state index in [-0.39, 0.29) is 16.9 Å². The summed E-state index contributed by atoms with van der Waals surface area (Å²) in [4.78, 5) is 27.3. The quantitative estimate of drug-likeness (QED) is 0.780. The molecule has 0 saturated heterocycles. The minimum atomic E-state index is -1.07. The summed E-state index contributed by atoms with van der Waals surface area (Å²) in [6, 6.07) is 15.3. The molecule has 6 nitrogen and oxygen atoms in total. The monoisotopic (exact) mass is 322 g/mol. The number of carboxylic acids is 1. The van der Waals surface area contributed by atoms with E-state index >= 15 is 0 Å². The topological polar surface area (TPSA) is 81.4 Å². The molecule has 1 N–H and O–H groups in total. The van der Waals surface area contributed by atoms with E-state index in [2.05, 4.69) is 4.98 Å². The summed E-state index contributed by atoms with van der Waals surface area (Å²) in [7, 11) is 0. The zero-order chi connectivity index (χ0) is 16.9. The predicted octanol–water partition coefficient (Wildman–Crippen LogP) is 2.51. The Kier molecular flexibility index (Phi) is 4.38. The van der Waals surface area contributed by atoms with E-state index in [4.69, 9.17) is 9.84 Å². The number of aromatic nitrogens is 2. The summed E-state index contributed by atoms with van der Waals surface area (Å²) >= 11 is 0. The molecule has 0 atom stereocenters. The highest BCUT2D eigenvalue weighted by atomic mass is 16.5. The number of pyridine rings is 2. The van der Waals surface area contributed by atoms with Crippen molar-refractivity contribution >= 4 is 5.97 Å². The molecule has 24 heavy (non-hydrogen) atoms. The Morgan fingerprint density at radius 2 is 1.92 bits per heavy atom. The molecule has 0 saturated carbocycles. The van der Waals surface area contributed by atoms with E-state index in [1.165, 1.54) is 35.2 Å². The fourth-order valence-electron chi connectivity index (χ4n) is 2.16. The SMILES string of the molecule is O=C(O)c1ccnc(-n2ccc(OCc3ccccc3)cc2=O)c1. The Morgan fingerprint density at radius 1 is 1.12 bits per heavy atom. The number of rotatable bonds is 5. The van der Waals surface area contributed by atoms with Crippen molar-refractivity contribution < 1.29 is 14.6 Å². The maximum absolute atomic E-state index is 12.2. The third kappa shape index (κ3) is 3.49.